The zero-order chi connectivity index (χ0) is 22.9. The van der Waals surface area contributed by atoms with E-state index in [0.29, 0.717) is 0 Å². The van der Waals surface area contributed by atoms with E-state index in [0.717, 1.165) is 6.07 Å². The van der Waals surface area contributed by atoms with E-state index in [1.807, 2.05) is 0 Å². The molecule has 164 valence electrons. The highest BCUT2D eigenvalue weighted by atomic mass is 32.2. The number of nitrogens with two attached hydrogens (primary N) is 1. The first-order valence-corrected chi connectivity index (χ1v) is 12.2. The van der Waals surface area contributed by atoms with Crippen molar-refractivity contribution < 1.29 is 41.1 Å². The number of sulfonamides is 1. The number of nitrogens with one attached hydrogen (secondary N) is 1. The number of primary sulfonamides is 1. The van der Waals surface area contributed by atoms with Crippen molar-refractivity contribution in [1.82, 2.24) is 5.32 Å². The lowest BCUT2D eigenvalue weighted by molar-refractivity contribution is 0.0599. The van der Waals surface area contributed by atoms with E-state index in [9.17, 15) is 31.8 Å². The van der Waals surface area contributed by atoms with Crippen molar-refractivity contribution in [2.24, 2.45) is 5.14 Å². The molecule has 5 N–H and O–H groups in total. The predicted molar refractivity (Wildman–Crippen MR) is 104 cm³/mol. The molecule has 10 nitrogen and oxygen atoms in total. The van der Waals surface area contributed by atoms with Crippen LogP contribution < -0.4 is 15.2 Å². The lowest BCUT2D eigenvalue weighted by Gasteiger charge is -2.16. The van der Waals surface area contributed by atoms with Crippen LogP contribution in [0.3, 0.4) is 0 Å². The quantitative estimate of drug-likeness (QED) is 0.321. The highest BCUT2D eigenvalue weighted by Crippen LogP contribution is 2.62. The van der Waals surface area contributed by atoms with Gasteiger partial charge in [0, 0.05) is 18.0 Å². The Balaban J connectivity index is 2.66. The standard InChI is InChI=1S/C15H16F2N3O7PS2/c1-20-14(21)8-5-9-10(7-18)13(15(16,17)28(22,23)24)29-12(9)11(6-8)27-3-2-4-30(19,25)26/h5-6H,2-4H2,1H3,(H,20,21)(H2,19,25,26)(H2,22,23,24). The number of carbonyl (C=O) groups excluding carboxylic acids is 1. The molecule has 1 aromatic carbocycles. The molecular formula is C15H16F2N3O7PS2. The number of halogens is 2. The molecule has 0 saturated heterocycles. The van der Waals surface area contributed by atoms with Crippen LogP contribution in [0.25, 0.3) is 10.1 Å². The van der Waals surface area contributed by atoms with Crippen LogP contribution >= 0.6 is 18.9 Å². The summed E-state index contributed by atoms with van der Waals surface area (Å²) >= 11 is 0.236. The van der Waals surface area contributed by atoms with Gasteiger partial charge >= 0.3 is 13.3 Å². The average molecular weight is 483 g/mol. The van der Waals surface area contributed by atoms with E-state index in [1.165, 1.54) is 19.2 Å². The van der Waals surface area contributed by atoms with Gasteiger partial charge in [-0.2, -0.15) is 14.0 Å². The molecule has 0 atom stereocenters. The number of fused-ring (bicyclic) bond motifs is 1. The summed E-state index contributed by atoms with van der Waals surface area (Å²) in [5.74, 6) is -1.18. The molecule has 0 saturated carbocycles. The summed E-state index contributed by atoms with van der Waals surface area (Å²) in [5, 5.41) is 16.4. The van der Waals surface area contributed by atoms with Gasteiger partial charge in [0.1, 0.15) is 16.7 Å². The number of amides is 1. The van der Waals surface area contributed by atoms with Gasteiger partial charge in [0.05, 0.1) is 22.6 Å². The number of hydrogen-bond acceptors (Lipinski definition) is 7. The molecular weight excluding hydrogens is 467 g/mol. The lowest BCUT2D eigenvalue weighted by atomic mass is 10.1. The zero-order valence-electron chi connectivity index (χ0n) is 15.3. The van der Waals surface area contributed by atoms with Crippen molar-refractivity contribution in [3.8, 4) is 11.8 Å². The van der Waals surface area contributed by atoms with E-state index in [-0.39, 0.29) is 45.8 Å². The van der Waals surface area contributed by atoms with E-state index in [2.05, 4.69) is 5.32 Å². The van der Waals surface area contributed by atoms with Crippen molar-refractivity contribution >= 4 is 44.9 Å². The van der Waals surface area contributed by atoms with E-state index >= 15 is 0 Å². The molecule has 0 aliphatic carbocycles. The highest BCUT2D eigenvalue weighted by molar-refractivity contribution is 7.89. The van der Waals surface area contributed by atoms with Crippen LogP contribution in [0.2, 0.25) is 0 Å². The van der Waals surface area contributed by atoms with Crippen LogP contribution in [0.5, 0.6) is 5.75 Å². The Morgan fingerprint density at radius 2 is 2.07 bits per heavy atom. The number of rotatable bonds is 8. The van der Waals surface area contributed by atoms with Crippen molar-refractivity contribution in [2.75, 3.05) is 19.4 Å². The smallest absolute Gasteiger partial charge is 0.400 e. The van der Waals surface area contributed by atoms with Crippen molar-refractivity contribution in [3.05, 3.63) is 28.1 Å². The van der Waals surface area contributed by atoms with Gasteiger partial charge in [-0.15, -0.1) is 11.3 Å². The number of nitriles is 1. The zero-order valence-corrected chi connectivity index (χ0v) is 17.8. The van der Waals surface area contributed by atoms with Crippen molar-refractivity contribution in [3.63, 3.8) is 0 Å². The third-order valence-electron chi connectivity index (χ3n) is 3.83. The summed E-state index contributed by atoms with van der Waals surface area (Å²) < 4.78 is 67.3. The maximum absolute atomic E-state index is 14.3. The number of hydrogen-bond donors (Lipinski definition) is 4. The Kier molecular flexibility index (Phi) is 6.87. The minimum absolute atomic E-state index is 0.0491. The molecule has 1 heterocycles. The van der Waals surface area contributed by atoms with E-state index in [1.54, 1.807) is 0 Å². The third kappa shape index (κ3) is 4.94. The second-order valence-electron chi connectivity index (χ2n) is 6.00. The summed E-state index contributed by atoms with van der Waals surface area (Å²) in [6, 6.07) is 3.81. The van der Waals surface area contributed by atoms with Gasteiger partial charge in [0.15, 0.2) is 0 Å². The molecule has 0 fully saturated rings. The molecule has 1 aromatic heterocycles. The SMILES string of the molecule is CNC(=O)c1cc(OCCCS(N)(=O)=O)c2sc(C(F)(F)P(=O)(O)O)c(C#N)c2c1. The second-order valence-corrected chi connectivity index (χ2v) is 10.4. The minimum Gasteiger partial charge on any atom is -0.492 e. The fraction of sp³-hybridized carbons (Fsp3) is 0.333. The molecule has 1 amide bonds. The van der Waals surface area contributed by atoms with Gasteiger partial charge in [-0.05, 0) is 18.6 Å². The Labute approximate surface area is 173 Å². The van der Waals surface area contributed by atoms with Gasteiger partial charge in [0.25, 0.3) is 5.91 Å². The van der Waals surface area contributed by atoms with E-state index < -0.39 is 45.4 Å². The molecule has 30 heavy (non-hydrogen) atoms. The van der Waals surface area contributed by atoms with E-state index in [4.69, 9.17) is 19.7 Å². The Morgan fingerprint density at radius 1 is 1.43 bits per heavy atom. The molecule has 0 aliphatic heterocycles. The molecule has 0 spiro atoms. The summed E-state index contributed by atoms with van der Waals surface area (Å²) in [4.78, 5) is 28.9. The maximum atomic E-state index is 14.3. The van der Waals surface area contributed by atoms with Crippen LogP contribution in [0.15, 0.2) is 12.1 Å². The second kappa shape index (κ2) is 8.54. The fourth-order valence-corrected chi connectivity index (χ4v) is 4.91. The number of ether oxygens (including phenoxy) is 1. The average Bonchev–Trinajstić information content (AvgIpc) is 3.01. The molecule has 0 aliphatic rings. The first-order chi connectivity index (χ1) is 13.7. The largest absolute Gasteiger partial charge is 0.492 e. The summed E-state index contributed by atoms with van der Waals surface area (Å²) in [6.45, 7) is -0.216. The fourth-order valence-electron chi connectivity index (χ4n) is 2.45. The Bertz CT molecular complexity index is 1190. The molecule has 0 radical (unpaired) electrons. The number of carbonyl (C=O) groups is 1. The van der Waals surface area contributed by atoms with Crippen molar-refractivity contribution in [1.29, 1.82) is 5.26 Å². The molecule has 0 bridgehead atoms. The summed E-state index contributed by atoms with van der Waals surface area (Å²) in [7, 11) is -8.41. The van der Waals surface area contributed by atoms with Crippen LogP contribution in [0.4, 0.5) is 8.78 Å². The first kappa shape index (κ1) is 24.1. The van der Waals surface area contributed by atoms with Gasteiger partial charge in [-0.25, -0.2) is 13.6 Å². The molecule has 2 rings (SSSR count). The first-order valence-electron chi connectivity index (χ1n) is 8.03. The number of thiophene rings is 1. The molecule has 15 heteroatoms. The van der Waals surface area contributed by atoms with Crippen LogP contribution in [-0.2, 0) is 20.3 Å². The van der Waals surface area contributed by atoms with Gasteiger partial charge < -0.3 is 19.8 Å². The van der Waals surface area contributed by atoms with Crippen LogP contribution in [0, 0.1) is 11.3 Å². The molecule has 0 unspecified atom stereocenters. The Morgan fingerprint density at radius 3 is 2.57 bits per heavy atom. The minimum atomic E-state index is -5.96. The number of benzene rings is 1. The van der Waals surface area contributed by atoms with Gasteiger partial charge in [-0.1, -0.05) is 0 Å². The normalized spacial score (nSPS) is 12.6. The summed E-state index contributed by atoms with van der Waals surface area (Å²) in [6.07, 6.45) is -0.0491. The lowest BCUT2D eigenvalue weighted by Crippen LogP contribution is -2.19. The Hall–Kier alpha value is -2.14. The maximum Gasteiger partial charge on any atom is 0.400 e. The predicted octanol–water partition coefficient (Wildman–Crippen LogP) is 1.42. The monoisotopic (exact) mass is 483 g/mol. The van der Waals surface area contributed by atoms with Gasteiger partial charge in [0.2, 0.25) is 10.0 Å². The molecule has 2 aromatic rings. The number of nitrogens with zero attached hydrogens (tertiary/aromatic N) is 1. The van der Waals surface area contributed by atoms with Crippen LogP contribution in [0.1, 0.15) is 27.2 Å². The highest BCUT2D eigenvalue weighted by Gasteiger charge is 2.53. The summed E-state index contributed by atoms with van der Waals surface area (Å²) in [5.41, 5.74) is -5.41. The van der Waals surface area contributed by atoms with Crippen LogP contribution in [-0.4, -0.2) is 43.5 Å². The van der Waals surface area contributed by atoms with Crippen molar-refractivity contribution in [2.45, 2.75) is 12.1 Å². The van der Waals surface area contributed by atoms with Gasteiger partial charge in [-0.3, -0.25) is 9.36 Å². The number of alkyl halides is 2. The topological polar surface area (TPSA) is 180 Å². The third-order valence-corrected chi connectivity index (χ3v) is 7.08.